The molecule has 0 N–H and O–H groups in total. The molecule has 1 aromatic rings. The average Bonchev–Trinajstić information content (AvgIpc) is 3.22. The number of pyridine rings is 1. The molecule has 0 aromatic carbocycles. The Morgan fingerprint density at radius 2 is 1.54 bits per heavy atom. The van der Waals surface area contributed by atoms with Crippen molar-refractivity contribution in [3.8, 4) is 0 Å². The molecule has 0 spiro atoms. The predicted molar refractivity (Wildman–Crippen MR) is 163 cm³/mol. The number of Topliss-reactive ketones (excluding diaryl/α,β-unsaturated/α-hetero) is 1. The van der Waals surface area contributed by atoms with Gasteiger partial charge in [-0.05, 0) is 18.1 Å². The van der Waals surface area contributed by atoms with Gasteiger partial charge in [0.05, 0.1) is 11.5 Å². The zero-order chi connectivity index (χ0) is 34.6. The van der Waals surface area contributed by atoms with Gasteiger partial charge in [0.2, 0.25) is 0 Å². The van der Waals surface area contributed by atoms with Crippen LogP contribution in [0.4, 0.5) is 0 Å². The third-order valence-electron chi connectivity index (χ3n) is 8.46. The molecule has 2 aliphatic carbocycles. The molecule has 12 heteroatoms. The lowest BCUT2D eigenvalue weighted by atomic mass is 9.72. The summed E-state index contributed by atoms with van der Waals surface area (Å²) < 4.78 is 29.2. The van der Waals surface area contributed by atoms with Crippen molar-refractivity contribution in [2.45, 2.75) is 98.2 Å². The molecule has 0 amide bonds. The van der Waals surface area contributed by atoms with Gasteiger partial charge in [-0.1, -0.05) is 46.4 Å². The molecule has 1 aromatic heterocycles. The van der Waals surface area contributed by atoms with E-state index in [-0.39, 0.29) is 24.0 Å². The summed E-state index contributed by atoms with van der Waals surface area (Å²) in [5.74, 6) is -6.82. The van der Waals surface area contributed by atoms with Crippen molar-refractivity contribution < 1.29 is 52.5 Å². The SMILES string of the molecule is C=C1[C@@H](OC(C)=O)C[C@@H](OC(=O)c2cccnc2)C(C)(C)/C=C/[C@H](C)C(=O)[C@@]2(OC(C)=O)C[C@H](C)[C@H](OC(C)=O)[C@@H]2[C@H]1OC(C)=O. The van der Waals surface area contributed by atoms with E-state index in [2.05, 4.69) is 11.6 Å². The molecule has 0 saturated heterocycles. The Kier molecular flexibility index (Phi) is 11.3. The maximum Gasteiger partial charge on any atom is 0.340 e. The number of fused-ring (bicyclic) bond motifs is 1. The Morgan fingerprint density at radius 1 is 0.913 bits per heavy atom. The second-order valence-electron chi connectivity index (χ2n) is 12.7. The molecule has 0 radical (unpaired) electrons. The number of hydrogen-bond acceptors (Lipinski definition) is 12. The number of carbonyl (C=O) groups is 6. The van der Waals surface area contributed by atoms with Crippen molar-refractivity contribution in [1.29, 1.82) is 0 Å². The van der Waals surface area contributed by atoms with E-state index in [0.29, 0.717) is 0 Å². The average molecular weight is 642 g/mol. The van der Waals surface area contributed by atoms with E-state index < -0.39 is 88.8 Å². The third-order valence-corrected chi connectivity index (χ3v) is 8.46. The van der Waals surface area contributed by atoms with Crippen LogP contribution in [0.3, 0.4) is 0 Å². The normalized spacial score (nSPS) is 31.6. The lowest BCUT2D eigenvalue weighted by Gasteiger charge is -2.42. The van der Waals surface area contributed by atoms with Crippen molar-refractivity contribution in [3.05, 3.63) is 54.4 Å². The molecule has 1 heterocycles. The van der Waals surface area contributed by atoms with Gasteiger partial charge in [0.25, 0.3) is 0 Å². The van der Waals surface area contributed by atoms with E-state index in [9.17, 15) is 28.8 Å². The molecular weight excluding hydrogens is 598 g/mol. The van der Waals surface area contributed by atoms with Gasteiger partial charge in [-0.2, -0.15) is 0 Å². The summed E-state index contributed by atoms with van der Waals surface area (Å²) in [5, 5.41) is 0. The van der Waals surface area contributed by atoms with Gasteiger partial charge in [0, 0.05) is 69.8 Å². The first-order valence-electron chi connectivity index (χ1n) is 15.1. The van der Waals surface area contributed by atoms with E-state index in [1.54, 1.807) is 52.0 Å². The second kappa shape index (κ2) is 14.4. The lowest BCUT2D eigenvalue weighted by molar-refractivity contribution is -0.185. The van der Waals surface area contributed by atoms with Crippen LogP contribution < -0.4 is 0 Å². The topological polar surface area (TPSA) is 161 Å². The summed E-state index contributed by atoms with van der Waals surface area (Å²) in [4.78, 5) is 81.8. The molecule has 1 fully saturated rings. The Balaban J connectivity index is 2.31. The summed E-state index contributed by atoms with van der Waals surface area (Å²) in [6, 6.07) is 3.12. The van der Waals surface area contributed by atoms with Crippen molar-refractivity contribution >= 4 is 35.6 Å². The predicted octanol–water partition coefficient (Wildman–Crippen LogP) is 4.11. The number of aromatic nitrogens is 1. The number of nitrogens with zero attached hydrogens (tertiary/aromatic N) is 1. The van der Waals surface area contributed by atoms with Crippen LogP contribution in [0, 0.1) is 23.2 Å². The third kappa shape index (κ3) is 8.07. The largest absolute Gasteiger partial charge is 0.462 e. The van der Waals surface area contributed by atoms with Crippen LogP contribution >= 0.6 is 0 Å². The molecule has 0 bridgehead atoms. The molecule has 2 aliphatic rings. The number of hydrogen-bond donors (Lipinski definition) is 0. The van der Waals surface area contributed by atoms with Crippen LogP contribution in [0.5, 0.6) is 0 Å². The standard InChI is InChI=1S/C34H43NO11/c1-18-12-13-33(8,9)27(45-32(41)25-11-10-14-35-17-25)15-26(42-21(4)36)20(3)30(44-23(6)38)28-29(43-22(5)37)19(2)16-34(28,31(18)40)46-24(7)39/h10-14,17-19,26-30H,3,15-16H2,1-2,4-9H3/b13-12+/t18-,19-,26-,27+,28+,29-,30-,34+/m0/s1. The van der Waals surface area contributed by atoms with Gasteiger partial charge in [-0.3, -0.25) is 29.0 Å². The van der Waals surface area contributed by atoms with Crippen molar-refractivity contribution in [1.82, 2.24) is 4.98 Å². The fourth-order valence-corrected chi connectivity index (χ4v) is 6.40. The van der Waals surface area contributed by atoms with Crippen LogP contribution in [0.15, 0.2) is 48.8 Å². The number of rotatable bonds is 6. The van der Waals surface area contributed by atoms with Crippen LogP contribution in [0.25, 0.3) is 0 Å². The van der Waals surface area contributed by atoms with E-state index >= 15 is 0 Å². The Morgan fingerprint density at radius 3 is 2.09 bits per heavy atom. The highest BCUT2D eigenvalue weighted by Gasteiger charge is 2.65. The van der Waals surface area contributed by atoms with Gasteiger partial charge < -0.3 is 23.7 Å². The van der Waals surface area contributed by atoms with Crippen molar-refractivity contribution in [3.63, 3.8) is 0 Å². The molecule has 0 aliphatic heterocycles. The quantitative estimate of drug-likeness (QED) is 0.249. The van der Waals surface area contributed by atoms with Gasteiger partial charge >= 0.3 is 29.8 Å². The minimum Gasteiger partial charge on any atom is -0.462 e. The smallest absolute Gasteiger partial charge is 0.340 e. The first kappa shape index (κ1) is 36.1. The van der Waals surface area contributed by atoms with Crippen LogP contribution in [0.1, 0.15) is 78.6 Å². The van der Waals surface area contributed by atoms with E-state index in [4.69, 9.17) is 23.7 Å². The lowest BCUT2D eigenvalue weighted by Crippen LogP contribution is -2.57. The van der Waals surface area contributed by atoms with Crippen LogP contribution in [-0.2, 0) is 47.7 Å². The minimum absolute atomic E-state index is 0.0152. The van der Waals surface area contributed by atoms with Crippen LogP contribution in [-0.4, -0.2) is 70.6 Å². The number of ether oxygens (including phenoxy) is 5. The van der Waals surface area contributed by atoms with E-state index in [1.165, 1.54) is 26.2 Å². The summed E-state index contributed by atoms with van der Waals surface area (Å²) in [6.07, 6.45) is 1.28. The number of carbonyl (C=O) groups excluding carboxylic acids is 6. The molecule has 46 heavy (non-hydrogen) atoms. The number of ketones is 1. The van der Waals surface area contributed by atoms with Gasteiger partial charge in [-0.15, -0.1) is 0 Å². The Labute approximate surface area is 268 Å². The minimum atomic E-state index is -1.92. The summed E-state index contributed by atoms with van der Waals surface area (Å²) in [5.41, 5.74) is -2.68. The molecule has 250 valence electrons. The van der Waals surface area contributed by atoms with Gasteiger partial charge in [-0.25, -0.2) is 4.79 Å². The highest BCUT2D eigenvalue weighted by molar-refractivity contribution is 5.93. The Hall–Kier alpha value is -4.35. The molecule has 0 unspecified atom stereocenters. The second-order valence-corrected chi connectivity index (χ2v) is 12.7. The highest BCUT2D eigenvalue weighted by Crippen LogP contribution is 2.51. The van der Waals surface area contributed by atoms with Gasteiger partial charge in [0.1, 0.15) is 24.4 Å². The summed E-state index contributed by atoms with van der Waals surface area (Å²) in [7, 11) is 0. The molecular formula is C34H43NO11. The molecule has 1 saturated carbocycles. The first-order chi connectivity index (χ1) is 21.4. The fourth-order valence-electron chi connectivity index (χ4n) is 6.40. The van der Waals surface area contributed by atoms with Crippen LogP contribution in [0.2, 0.25) is 0 Å². The Bertz CT molecular complexity index is 1400. The summed E-state index contributed by atoms with van der Waals surface area (Å²) >= 11 is 0. The number of allylic oxidation sites excluding steroid dienone is 1. The highest BCUT2D eigenvalue weighted by atomic mass is 16.6. The van der Waals surface area contributed by atoms with E-state index in [1.807, 2.05) is 0 Å². The zero-order valence-corrected chi connectivity index (χ0v) is 27.6. The van der Waals surface area contributed by atoms with Crippen molar-refractivity contribution in [2.24, 2.45) is 23.2 Å². The number of esters is 5. The molecule has 8 atom stereocenters. The van der Waals surface area contributed by atoms with E-state index in [0.717, 1.165) is 13.8 Å². The summed E-state index contributed by atoms with van der Waals surface area (Å²) in [6.45, 7) is 15.8. The molecule has 12 nitrogen and oxygen atoms in total. The van der Waals surface area contributed by atoms with Gasteiger partial charge in [0.15, 0.2) is 11.4 Å². The maximum atomic E-state index is 14.5. The molecule has 3 rings (SSSR count). The maximum absolute atomic E-state index is 14.5. The zero-order valence-electron chi connectivity index (χ0n) is 27.6. The van der Waals surface area contributed by atoms with Crippen molar-refractivity contribution in [2.75, 3.05) is 0 Å². The monoisotopic (exact) mass is 641 g/mol. The fraction of sp³-hybridized carbons (Fsp3) is 0.559. The first-order valence-corrected chi connectivity index (χ1v) is 15.1.